The van der Waals surface area contributed by atoms with Crippen LogP contribution >= 0.6 is 11.3 Å². The van der Waals surface area contributed by atoms with E-state index in [4.69, 9.17) is 4.74 Å². The molecule has 6 heteroatoms. The summed E-state index contributed by atoms with van der Waals surface area (Å²) in [5.41, 5.74) is 4.10. The second-order valence-corrected chi connectivity index (χ2v) is 5.63. The van der Waals surface area contributed by atoms with E-state index in [2.05, 4.69) is 25.2 Å². The second kappa shape index (κ2) is 6.88. The van der Waals surface area contributed by atoms with Gasteiger partial charge in [0, 0.05) is 43.1 Å². The molecular formula is C14H18N4OS. The number of nitrogens with zero attached hydrogens (tertiary/aromatic N) is 4. The molecule has 0 aromatic carbocycles. The molecule has 1 aliphatic rings. The van der Waals surface area contributed by atoms with E-state index in [0.29, 0.717) is 6.04 Å². The number of hydrogen-bond acceptors (Lipinski definition) is 6. The van der Waals surface area contributed by atoms with E-state index in [1.54, 1.807) is 23.7 Å². The Hall–Kier alpha value is -1.37. The van der Waals surface area contributed by atoms with Crippen LogP contribution in [0, 0.1) is 0 Å². The predicted molar refractivity (Wildman–Crippen MR) is 77.5 cm³/mol. The molecule has 106 valence electrons. The standard InChI is InChI=1S/C14H18N4OS/c1(12-7-15-3-4-16-12)2-14-9-19-6-5-18(14)8-13-10-20-11-17-13/h3-4,7,10-11,14H,1-2,5-6,8-9H2. The van der Waals surface area contributed by atoms with Crippen LogP contribution in [-0.4, -0.2) is 45.7 Å². The largest absolute Gasteiger partial charge is 0.378 e. The Morgan fingerprint density at radius 2 is 2.30 bits per heavy atom. The van der Waals surface area contributed by atoms with Crippen LogP contribution in [0.15, 0.2) is 29.5 Å². The number of rotatable bonds is 5. The van der Waals surface area contributed by atoms with Gasteiger partial charge >= 0.3 is 0 Å². The molecule has 2 aromatic rings. The third kappa shape index (κ3) is 3.59. The van der Waals surface area contributed by atoms with Gasteiger partial charge in [0.2, 0.25) is 0 Å². The lowest BCUT2D eigenvalue weighted by Crippen LogP contribution is -2.45. The highest BCUT2D eigenvalue weighted by Gasteiger charge is 2.23. The molecule has 0 bridgehead atoms. The number of hydrogen-bond donors (Lipinski definition) is 0. The molecule has 0 spiro atoms. The molecule has 1 aliphatic heterocycles. The normalized spacial score (nSPS) is 20.1. The van der Waals surface area contributed by atoms with Gasteiger partial charge in [0.15, 0.2) is 0 Å². The van der Waals surface area contributed by atoms with Gasteiger partial charge in [0.05, 0.1) is 30.1 Å². The summed E-state index contributed by atoms with van der Waals surface area (Å²) in [4.78, 5) is 15.3. The molecule has 1 saturated heterocycles. The molecule has 20 heavy (non-hydrogen) atoms. The SMILES string of the molecule is c1cnc(CCC2COCCN2Cc2cscn2)cn1. The maximum absolute atomic E-state index is 5.62. The van der Waals surface area contributed by atoms with Crippen LogP contribution in [0.4, 0.5) is 0 Å². The quantitative estimate of drug-likeness (QED) is 0.840. The maximum Gasteiger partial charge on any atom is 0.0795 e. The summed E-state index contributed by atoms with van der Waals surface area (Å²) < 4.78 is 5.62. The van der Waals surface area contributed by atoms with Crippen LogP contribution in [0.2, 0.25) is 0 Å². The first-order chi connectivity index (χ1) is 9.92. The summed E-state index contributed by atoms with van der Waals surface area (Å²) in [5, 5.41) is 2.12. The van der Waals surface area contributed by atoms with Crippen molar-refractivity contribution in [1.82, 2.24) is 19.9 Å². The molecule has 0 N–H and O–H groups in total. The second-order valence-electron chi connectivity index (χ2n) is 4.91. The van der Waals surface area contributed by atoms with Gasteiger partial charge in [-0.25, -0.2) is 4.98 Å². The molecule has 5 nitrogen and oxygen atoms in total. The van der Waals surface area contributed by atoms with Crippen LogP contribution in [0.3, 0.4) is 0 Å². The highest BCUT2D eigenvalue weighted by Crippen LogP contribution is 2.16. The van der Waals surface area contributed by atoms with Crippen molar-refractivity contribution in [3.63, 3.8) is 0 Å². The number of ether oxygens (including phenoxy) is 1. The van der Waals surface area contributed by atoms with Crippen molar-refractivity contribution >= 4 is 11.3 Å². The van der Waals surface area contributed by atoms with Crippen molar-refractivity contribution in [2.75, 3.05) is 19.8 Å². The van der Waals surface area contributed by atoms with Crippen molar-refractivity contribution in [2.45, 2.75) is 25.4 Å². The van der Waals surface area contributed by atoms with Crippen molar-refractivity contribution in [3.05, 3.63) is 40.9 Å². The first-order valence-corrected chi connectivity index (χ1v) is 7.80. The average Bonchev–Trinajstić information content (AvgIpc) is 3.00. The van der Waals surface area contributed by atoms with E-state index in [0.717, 1.165) is 50.5 Å². The molecule has 0 saturated carbocycles. The summed E-state index contributed by atoms with van der Waals surface area (Å²) >= 11 is 1.65. The summed E-state index contributed by atoms with van der Waals surface area (Å²) in [6.07, 6.45) is 7.29. The minimum absolute atomic E-state index is 0.437. The predicted octanol–water partition coefficient (Wildman–Crippen LogP) is 1.77. The fourth-order valence-electron chi connectivity index (χ4n) is 2.46. The molecule has 3 heterocycles. The molecule has 1 fully saturated rings. The molecule has 0 aliphatic carbocycles. The monoisotopic (exact) mass is 290 g/mol. The van der Waals surface area contributed by atoms with Crippen LogP contribution < -0.4 is 0 Å². The average molecular weight is 290 g/mol. The van der Waals surface area contributed by atoms with Crippen LogP contribution in [0.1, 0.15) is 17.8 Å². The Kier molecular flexibility index (Phi) is 4.68. The summed E-state index contributed by atoms with van der Waals surface area (Å²) in [5.74, 6) is 0. The van der Waals surface area contributed by atoms with Crippen LogP contribution in [-0.2, 0) is 17.7 Å². The number of aromatic nitrogens is 3. The van der Waals surface area contributed by atoms with E-state index in [-0.39, 0.29) is 0 Å². The highest BCUT2D eigenvalue weighted by molar-refractivity contribution is 7.07. The van der Waals surface area contributed by atoms with Gasteiger partial charge in [0.25, 0.3) is 0 Å². The molecule has 2 aromatic heterocycles. The van der Waals surface area contributed by atoms with Gasteiger partial charge < -0.3 is 4.74 Å². The summed E-state index contributed by atoms with van der Waals surface area (Å²) in [6, 6.07) is 0.437. The number of thiazole rings is 1. The Labute approximate surface area is 122 Å². The van der Waals surface area contributed by atoms with Crippen molar-refractivity contribution < 1.29 is 4.74 Å². The molecular weight excluding hydrogens is 272 g/mol. The Morgan fingerprint density at radius 1 is 1.30 bits per heavy atom. The minimum Gasteiger partial charge on any atom is -0.378 e. The van der Waals surface area contributed by atoms with Gasteiger partial charge in [-0.2, -0.15) is 0 Å². The Morgan fingerprint density at radius 3 is 3.10 bits per heavy atom. The first-order valence-electron chi connectivity index (χ1n) is 6.85. The molecule has 1 atom stereocenters. The third-order valence-electron chi connectivity index (χ3n) is 3.55. The fraction of sp³-hybridized carbons (Fsp3) is 0.500. The highest BCUT2D eigenvalue weighted by atomic mass is 32.1. The van der Waals surface area contributed by atoms with Crippen molar-refractivity contribution in [1.29, 1.82) is 0 Å². The molecule has 0 amide bonds. The maximum atomic E-state index is 5.62. The zero-order valence-corrected chi connectivity index (χ0v) is 12.1. The topological polar surface area (TPSA) is 51.1 Å². The van der Waals surface area contributed by atoms with Gasteiger partial charge in [-0.05, 0) is 12.8 Å². The molecule has 0 radical (unpaired) electrons. The summed E-state index contributed by atoms with van der Waals surface area (Å²) in [7, 11) is 0. The lowest BCUT2D eigenvalue weighted by Gasteiger charge is -2.35. The van der Waals surface area contributed by atoms with E-state index >= 15 is 0 Å². The Bertz CT molecular complexity index is 505. The van der Waals surface area contributed by atoms with E-state index in [1.807, 2.05) is 11.7 Å². The van der Waals surface area contributed by atoms with Crippen molar-refractivity contribution in [2.24, 2.45) is 0 Å². The fourth-order valence-corrected chi connectivity index (χ4v) is 3.01. The van der Waals surface area contributed by atoms with Gasteiger partial charge in [0.1, 0.15) is 0 Å². The number of morpholine rings is 1. The lowest BCUT2D eigenvalue weighted by molar-refractivity contribution is -0.0148. The Balaban J connectivity index is 1.57. The molecule has 1 unspecified atom stereocenters. The smallest absolute Gasteiger partial charge is 0.0795 e. The van der Waals surface area contributed by atoms with Gasteiger partial charge in [-0.1, -0.05) is 0 Å². The van der Waals surface area contributed by atoms with Gasteiger partial charge in [-0.3, -0.25) is 14.9 Å². The molecule has 3 rings (SSSR count). The first kappa shape index (κ1) is 13.6. The lowest BCUT2D eigenvalue weighted by atomic mass is 10.1. The van der Waals surface area contributed by atoms with Crippen molar-refractivity contribution in [3.8, 4) is 0 Å². The zero-order valence-electron chi connectivity index (χ0n) is 11.3. The summed E-state index contributed by atoms with van der Waals surface area (Å²) in [6.45, 7) is 3.50. The van der Waals surface area contributed by atoms with E-state index in [9.17, 15) is 0 Å². The minimum atomic E-state index is 0.437. The number of aryl methyl sites for hydroxylation is 1. The van der Waals surface area contributed by atoms with Gasteiger partial charge in [-0.15, -0.1) is 11.3 Å². The van der Waals surface area contributed by atoms with E-state index < -0.39 is 0 Å². The van der Waals surface area contributed by atoms with E-state index in [1.165, 1.54) is 0 Å². The zero-order chi connectivity index (χ0) is 13.6. The van der Waals surface area contributed by atoms with Crippen LogP contribution in [0.5, 0.6) is 0 Å². The van der Waals surface area contributed by atoms with Crippen LogP contribution in [0.25, 0.3) is 0 Å². The third-order valence-corrected chi connectivity index (χ3v) is 4.18.